The van der Waals surface area contributed by atoms with E-state index < -0.39 is 0 Å². The molecule has 2 amide bonds. The van der Waals surface area contributed by atoms with Gasteiger partial charge < -0.3 is 23.6 Å². The lowest BCUT2D eigenvalue weighted by Gasteiger charge is -2.36. The second-order valence-corrected chi connectivity index (χ2v) is 7.63. The van der Waals surface area contributed by atoms with E-state index in [0.717, 1.165) is 24.0 Å². The number of carbonyl (C=O) groups is 2. The van der Waals surface area contributed by atoms with Crippen LogP contribution in [0.3, 0.4) is 0 Å². The third kappa shape index (κ3) is 3.30. The Kier molecular flexibility index (Phi) is 4.62. The van der Waals surface area contributed by atoms with Crippen LogP contribution in [0.1, 0.15) is 51.9 Å². The van der Waals surface area contributed by atoms with Crippen LogP contribution in [0.2, 0.25) is 0 Å². The fourth-order valence-corrected chi connectivity index (χ4v) is 4.21. The summed E-state index contributed by atoms with van der Waals surface area (Å²) in [6.45, 7) is 5.18. The van der Waals surface area contributed by atoms with Gasteiger partial charge in [-0.3, -0.25) is 9.59 Å². The summed E-state index contributed by atoms with van der Waals surface area (Å²) in [5.41, 5.74) is 2.83. The molecule has 8 heteroatoms. The van der Waals surface area contributed by atoms with Gasteiger partial charge in [0, 0.05) is 36.1 Å². The monoisotopic (exact) mass is 418 g/mol. The Morgan fingerprint density at radius 3 is 2.87 bits per heavy atom. The molecule has 31 heavy (non-hydrogen) atoms. The number of benzene rings is 1. The summed E-state index contributed by atoms with van der Waals surface area (Å²) in [5.74, 6) is -0.0405. The van der Waals surface area contributed by atoms with Crippen LogP contribution < -0.4 is 5.32 Å². The minimum Gasteiger partial charge on any atom is -0.451 e. The minimum absolute atomic E-state index is 0.0180. The molecule has 1 atom stereocenters. The molecule has 0 fully saturated rings. The summed E-state index contributed by atoms with van der Waals surface area (Å²) in [7, 11) is 0. The molecule has 0 bridgehead atoms. The van der Waals surface area contributed by atoms with Gasteiger partial charge in [0.25, 0.3) is 11.8 Å². The maximum absolute atomic E-state index is 13.3. The van der Waals surface area contributed by atoms with Crippen molar-refractivity contribution in [1.82, 2.24) is 14.5 Å². The van der Waals surface area contributed by atoms with Gasteiger partial charge in [-0.05, 0) is 49.7 Å². The topological polar surface area (TPSA) is 93.5 Å². The Morgan fingerprint density at radius 2 is 2.10 bits per heavy atom. The smallest absolute Gasteiger partial charge is 0.293 e. The minimum atomic E-state index is -0.378. The maximum atomic E-state index is 13.3. The predicted molar refractivity (Wildman–Crippen MR) is 114 cm³/mol. The normalized spacial score (nSPS) is 15.8. The van der Waals surface area contributed by atoms with Crippen LogP contribution in [0, 0.1) is 6.92 Å². The molecule has 1 aliphatic heterocycles. The molecule has 158 valence electrons. The van der Waals surface area contributed by atoms with Crippen LogP contribution in [-0.4, -0.2) is 32.8 Å². The van der Waals surface area contributed by atoms with E-state index in [-0.39, 0.29) is 23.6 Å². The number of hydrogen-bond donors (Lipinski definition) is 1. The SMILES string of the molecule is CCC1c2cccn2CCN1C(=O)c1cc2cc(NC(=O)c3ocnc3C)ccc2o1. The lowest BCUT2D eigenvalue weighted by Crippen LogP contribution is -2.41. The van der Waals surface area contributed by atoms with Gasteiger partial charge in [0.2, 0.25) is 5.76 Å². The molecule has 0 aliphatic carbocycles. The molecule has 4 aromatic rings. The molecule has 1 N–H and O–H groups in total. The summed E-state index contributed by atoms with van der Waals surface area (Å²) >= 11 is 0. The van der Waals surface area contributed by atoms with Crippen molar-refractivity contribution in [3.63, 3.8) is 0 Å². The van der Waals surface area contributed by atoms with Crippen molar-refractivity contribution in [3.8, 4) is 0 Å². The van der Waals surface area contributed by atoms with Crippen molar-refractivity contribution in [2.45, 2.75) is 32.9 Å². The van der Waals surface area contributed by atoms with Crippen molar-refractivity contribution in [2.24, 2.45) is 0 Å². The first-order chi connectivity index (χ1) is 15.0. The fraction of sp³-hybridized carbons (Fsp3) is 0.261. The van der Waals surface area contributed by atoms with E-state index in [1.165, 1.54) is 6.39 Å². The van der Waals surface area contributed by atoms with E-state index in [1.54, 1.807) is 31.2 Å². The van der Waals surface area contributed by atoms with Crippen LogP contribution in [0.15, 0.2) is 57.8 Å². The van der Waals surface area contributed by atoms with Gasteiger partial charge in [0.05, 0.1) is 11.7 Å². The largest absolute Gasteiger partial charge is 0.451 e. The zero-order chi connectivity index (χ0) is 21.5. The van der Waals surface area contributed by atoms with Crippen molar-refractivity contribution >= 4 is 28.5 Å². The summed E-state index contributed by atoms with van der Waals surface area (Å²) in [6, 6.07) is 11.1. The number of furan rings is 1. The number of anilines is 1. The quantitative estimate of drug-likeness (QED) is 0.530. The molecule has 5 rings (SSSR count). The van der Waals surface area contributed by atoms with Crippen molar-refractivity contribution in [3.05, 3.63) is 71.9 Å². The van der Waals surface area contributed by atoms with E-state index in [0.29, 0.717) is 29.3 Å². The summed E-state index contributed by atoms with van der Waals surface area (Å²) in [5, 5.41) is 3.53. The van der Waals surface area contributed by atoms with Crippen LogP contribution >= 0.6 is 0 Å². The van der Waals surface area contributed by atoms with E-state index in [9.17, 15) is 9.59 Å². The predicted octanol–water partition coefficient (Wildman–Crippen LogP) is 4.39. The number of amides is 2. The number of aryl methyl sites for hydroxylation is 1. The number of aromatic nitrogens is 2. The first-order valence-corrected chi connectivity index (χ1v) is 10.3. The Balaban J connectivity index is 1.39. The lowest BCUT2D eigenvalue weighted by molar-refractivity contribution is 0.0587. The highest BCUT2D eigenvalue weighted by molar-refractivity contribution is 6.04. The Morgan fingerprint density at radius 1 is 1.23 bits per heavy atom. The molecule has 3 aromatic heterocycles. The van der Waals surface area contributed by atoms with Gasteiger partial charge in [-0.1, -0.05) is 6.92 Å². The molecular formula is C23H22N4O4. The van der Waals surface area contributed by atoms with Crippen LogP contribution in [-0.2, 0) is 6.54 Å². The highest BCUT2D eigenvalue weighted by atomic mass is 16.4. The average molecular weight is 418 g/mol. The van der Waals surface area contributed by atoms with E-state index >= 15 is 0 Å². The number of oxazole rings is 1. The van der Waals surface area contributed by atoms with Gasteiger partial charge in [-0.15, -0.1) is 0 Å². The standard InChI is InChI=1S/C23H22N4O4/c1-3-17-18-5-4-8-26(18)9-10-27(17)23(29)20-12-15-11-16(6-7-19(15)31-20)25-22(28)21-14(2)24-13-30-21/h4-8,11-13,17H,3,9-10H2,1-2H3,(H,25,28). The van der Waals surface area contributed by atoms with Gasteiger partial charge in [0.1, 0.15) is 5.58 Å². The first-order valence-electron chi connectivity index (χ1n) is 10.3. The second kappa shape index (κ2) is 7.46. The van der Waals surface area contributed by atoms with E-state index in [1.807, 2.05) is 11.0 Å². The highest BCUT2D eigenvalue weighted by Gasteiger charge is 2.31. The van der Waals surface area contributed by atoms with Gasteiger partial charge in [0.15, 0.2) is 12.2 Å². The summed E-state index contributed by atoms with van der Waals surface area (Å²) in [4.78, 5) is 31.4. The van der Waals surface area contributed by atoms with Crippen LogP contribution in [0.25, 0.3) is 11.0 Å². The fourth-order valence-electron chi connectivity index (χ4n) is 4.21. The number of fused-ring (bicyclic) bond motifs is 2. The molecule has 0 saturated carbocycles. The van der Waals surface area contributed by atoms with Gasteiger partial charge in [-0.2, -0.15) is 0 Å². The number of hydrogen-bond acceptors (Lipinski definition) is 5. The lowest BCUT2D eigenvalue weighted by atomic mass is 10.1. The van der Waals surface area contributed by atoms with Crippen molar-refractivity contribution in [1.29, 1.82) is 0 Å². The third-order valence-electron chi connectivity index (χ3n) is 5.75. The number of nitrogens with zero attached hydrogens (tertiary/aromatic N) is 3. The Labute approximate surface area is 178 Å². The second-order valence-electron chi connectivity index (χ2n) is 7.63. The number of nitrogens with one attached hydrogen (secondary N) is 1. The highest BCUT2D eigenvalue weighted by Crippen LogP contribution is 2.31. The molecule has 1 aromatic carbocycles. The van der Waals surface area contributed by atoms with E-state index in [4.69, 9.17) is 8.83 Å². The van der Waals surface area contributed by atoms with Gasteiger partial charge >= 0.3 is 0 Å². The average Bonchev–Trinajstić information content (AvgIpc) is 3.50. The molecule has 1 aliphatic rings. The molecule has 1 unspecified atom stereocenters. The Hall–Kier alpha value is -3.81. The molecule has 0 radical (unpaired) electrons. The molecular weight excluding hydrogens is 396 g/mol. The molecule has 0 saturated heterocycles. The molecule has 8 nitrogen and oxygen atoms in total. The Bertz CT molecular complexity index is 1280. The summed E-state index contributed by atoms with van der Waals surface area (Å²) in [6.07, 6.45) is 4.12. The number of carbonyl (C=O) groups excluding carboxylic acids is 2. The maximum Gasteiger partial charge on any atom is 0.293 e. The molecule has 4 heterocycles. The van der Waals surface area contributed by atoms with Crippen LogP contribution in [0.4, 0.5) is 5.69 Å². The van der Waals surface area contributed by atoms with Crippen LogP contribution in [0.5, 0.6) is 0 Å². The zero-order valence-corrected chi connectivity index (χ0v) is 17.3. The van der Waals surface area contributed by atoms with E-state index in [2.05, 4.69) is 34.1 Å². The number of rotatable bonds is 4. The van der Waals surface area contributed by atoms with Crippen molar-refractivity contribution in [2.75, 3.05) is 11.9 Å². The molecule has 0 spiro atoms. The third-order valence-corrected chi connectivity index (χ3v) is 5.75. The van der Waals surface area contributed by atoms with Gasteiger partial charge in [-0.25, -0.2) is 4.98 Å². The van der Waals surface area contributed by atoms with Crippen molar-refractivity contribution < 1.29 is 18.4 Å². The zero-order valence-electron chi connectivity index (χ0n) is 17.3. The summed E-state index contributed by atoms with van der Waals surface area (Å²) < 4.78 is 13.2. The first kappa shape index (κ1) is 19.2.